The maximum Gasteiger partial charge on any atom is 0.410 e. The Morgan fingerprint density at radius 1 is 1.32 bits per heavy atom. The number of rotatable bonds is 4. The highest BCUT2D eigenvalue weighted by Gasteiger charge is 2.26. The molecule has 1 heterocycles. The van der Waals surface area contributed by atoms with Gasteiger partial charge in [-0.15, -0.1) is 0 Å². The Kier molecular flexibility index (Phi) is 6.07. The molecule has 0 aromatic rings. The molecule has 19 heavy (non-hydrogen) atoms. The van der Waals surface area contributed by atoms with Crippen molar-refractivity contribution in [2.45, 2.75) is 59.1 Å². The molecule has 0 aromatic heterocycles. The summed E-state index contributed by atoms with van der Waals surface area (Å²) in [4.78, 5) is 19.1. The lowest BCUT2D eigenvalue weighted by Gasteiger charge is -2.33. The first-order valence-corrected chi connectivity index (χ1v) is 7.13. The van der Waals surface area contributed by atoms with Crippen molar-refractivity contribution in [1.29, 1.82) is 0 Å². The summed E-state index contributed by atoms with van der Waals surface area (Å²) in [6.45, 7) is 12.1. The molecule has 112 valence electrons. The van der Waals surface area contributed by atoms with Gasteiger partial charge in [-0.2, -0.15) is 5.48 Å². The van der Waals surface area contributed by atoms with E-state index in [1.807, 2.05) is 20.8 Å². The third kappa shape index (κ3) is 6.78. The molecule has 1 N–H and O–H groups in total. The van der Waals surface area contributed by atoms with Crippen molar-refractivity contribution in [2.24, 2.45) is 5.92 Å². The van der Waals surface area contributed by atoms with E-state index in [4.69, 9.17) is 9.57 Å². The Morgan fingerprint density at radius 3 is 2.37 bits per heavy atom. The molecule has 1 aliphatic rings. The first kappa shape index (κ1) is 16.2. The van der Waals surface area contributed by atoms with Gasteiger partial charge in [0, 0.05) is 19.1 Å². The average molecular weight is 272 g/mol. The van der Waals surface area contributed by atoms with Gasteiger partial charge in [0.05, 0.1) is 6.61 Å². The zero-order valence-corrected chi connectivity index (χ0v) is 12.9. The van der Waals surface area contributed by atoms with Gasteiger partial charge in [-0.25, -0.2) is 4.79 Å². The van der Waals surface area contributed by atoms with Gasteiger partial charge >= 0.3 is 6.09 Å². The second-order valence-electron chi connectivity index (χ2n) is 6.56. The number of nitrogens with one attached hydrogen (secondary N) is 1. The minimum Gasteiger partial charge on any atom is -0.444 e. The molecule has 5 nitrogen and oxygen atoms in total. The molecule has 0 spiro atoms. The number of nitrogens with zero attached hydrogens (tertiary/aromatic N) is 1. The molecule has 0 saturated carbocycles. The molecule has 1 saturated heterocycles. The van der Waals surface area contributed by atoms with E-state index in [2.05, 4.69) is 19.3 Å². The number of ether oxygens (including phenoxy) is 1. The van der Waals surface area contributed by atoms with Crippen molar-refractivity contribution in [3.05, 3.63) is 0 Å². The number of hydrogen-bond acceptors (Lipinski definition) is 4. The van der Waals surface area contributed by atoms with E-state index in [9.17, 15) is 4.79 Å². The van der Waals surface area contributed by atoms with Crippen molar-refractivity contribution >= 4 is 6.09 Å². The van der Waals surface area contributed by atoms with Crippen LogP contribution in [-0.4, -0.2) is 42.3 Å². The Morgan fingerprint density at radius 2 is 1.89 bits per heavy atom. The number of carbonyl (C=O) groups is 1. The van der Waals surface area contributed by atoms with Crippen LogP contribution < -0.4 is 5.48 Å². The zero-order valence-electron chi connectivity index (χ0n) is 12.9. The van der Waals surface area contributed by atoms with Gasteiger partial charge in [0.1, 0.15) is 5.60 Å². The Hall–Kier alpha value is -0.810. The van der Waals surface area contributed by atoms with Crippen molar-refractivity contribution in [3.63, 3.8) is 0 Å². The van der Waals surface area contributed by atoms with Crippen molar-refractivity contribution in [2.75, 3.05) is 19.7 Å². The van der Waals surface area contributed by atoms with Crippen molar-refractivity contribution < 1.29 is 14.4 Å². The maximum atomic E-state index is 11.9. The summed E-state index contributed by atoms with van der Waals surface area (Å²) in [5.74, 6) is 0.523. The van der Waals surface area contributed by atoms with E-state index < -0.39 is 5.60 Å². The molecule has 0 bridgehead atoms. The second kappa shape index (κ2) is 7.10. The van der Waals surface area contributed by atoms with Crippen LogP contribution in [0.5, 0.6) is 0 Å². The standard InChI is InChI=1S/C14H28N2O3/c1-11(2)10-18-15-12-6-8-16(9-7-12)13(17)19-14(3,4)5/h11-12,15H,6-10H2,1-5H3. The summed E-state index contributed by atoms with van der Waals surface area (Å²) < 4.78 is 5.36. The Labute approximate surface area is 116 Å². The smallest absolute Gasteiger partial charge is 0.410 e. The molecule has 1 amide bonds. The highest BCUT2D eigenvalue weighted by Crippen LogP contribution is 2.15. The van der Waals surface area contributed by atoms with Gasteiger partial charge in [0.25, 0.3) is 0 Å². The number of carbonyl (C=O) groups excluding carboxylic acids is 1. The van der Waals surface area contributed by atoms with Gasteiger partial charge < -0.3 is 14.5 Å². The lowest BCUT2D eigenvalue weighted by molar-refractivity contribution is -0.0193. The van der Waals surface area contributed by atoms with Crippen LogP contribution in [0.1, 0.15) is 47.5 Å². The van der Waals surface area contributed by atoms with Gasteiger partial charge in [-0.05, 0) is 39.5 Å². The Balaban J connectivity index is 2.23. The summed E-state index contributed by atoms with van der Waals surface area (Å²) >= 11 is 0. The molecule has 0 radical (unpaired) electrons. The topological polar surface area (TPSA) is 50.8 Å². The second-order valence-corrected chi connectivity index (χ2v) is 6.56. The number of piperidine rings is 1. The number of amides is 1. The van der Waals surface area contributed by atoms with Gasteiger partial charge in [0.2, 0.25) is 0 Å². The SMILES string of the molecule is CC(C)CONC1CCN(C(=O)OC(C)(C)C)CC1. The minimum atomic E-state index is -0.424. The van der Waals surface area contributed by atoms with E-state index in [0.717, 1.165) is 25.9 Å². The van der Waals surface area contributed by atoms with Crippen LogP contribution in [0.4, 0.5) is 4.79 Å². The minimum absolute atomic E-state index is 0.214. The average Bonchev–Trinajstić information content (AvgIpc) is 2.27. The maximum absolute atomic E-state index is 11.9. The van der Waals surface area contributed by atoms with Crippen LogP contribution in [-0.2, 0) is 9.57 Å². The van der Waals surface area contributed by atoms with E-state index in [1.54, 1.807) is 4.90 Å². The molecular weight excluding hydrogens is 244 g/mol. The molecule has 0 aliphatic carbocycles. The highest BCUT2D eigenvalue weighted by molar-refractivity contribution is 5.68. The summed E-state index contributed by atoms with van der Waals surface area (Å²) in [5.41, 5.74) is 2.66. The molecule has 0 atom stereocenters. The van der Waals surface area contributed by atoms with Gasteiger partial charge in [-0.3, -0.25) is 0 Å². The summed E-state index contributed by atoms with van der Waals surface area (Å²) in [6, 6.07) is 0.331. The molecule has 1 rings (SSSR count). The highest BCUT2D eigenvalue weighted by atomic mass is 16.6. The van der Waals surface area contributed by atoms with E-state index in [0.29, 0.717) is 18.6 Å². The van der Waals surface area contributed by atoms with Crippen LogP contribution in [0.2, 0.25) is 0 Å². The predicted octanol–water partition coefficient (Wildman–Crippen LogP) is 2.56. The third-order valence-electron chi connectivity index (χ3n) is 2.81. The molecular formula is C14H28N2O3. The fourth-order valence-electron chi connectivity index (χ4n) is 1.84. The van der Waals surface area contributed by atoms with Gasteiger partial charge in [0.15, 0.2) is 0 Å². The monoisotopic (exact) mass is 272 g/mol. The number of hydrogen-bond donors (Lipinski definition) is 1. The van der Waals surface area contributed by atoms with E-state index in [-0.39, 0.29) is 6.09 Å². The van der Waals surface area contributed by atoms with Crippen LogP contribution in [0, 0.1) is 5.92 Å². The van der Waals surface area contributed by atoms with Crippen molar-refractivity contribution in [1.82, 2.24) is 10.4 Å². The normalized spacial score (nSPS) is 17.9. The predicted molar refractivity (Wildman–Crippen MR) is 74.8 cm³/mol. The lowest BCUT2D eigenvalue weighted by Crippen LogP contribution is -2.46. The number of likely N-dealkylation sites (tertiary alicyclic amines) is 1. The molecule has 0 unspecified atom stereocenters. The van der Waals surface area contributed by atoms with E-state index >= 15 is 0 Å². The van der Waals surface area contributed by atoms with Crippen LogP contribution >= 0.6 is 0 Å². The van der Waals surface area contributed by atoms with Crippen LogP contribution in [0.3, 0.4) is 0 Å². The molecule has 1 aliphatic heterocycles. The quantitative estimate of drug-likeness (QED) is 0.799. The van der Waals surface area contributed by atoms with E-state index in [1.165, 1.54) is 0 Å². The fraction of sp³-hybridized carbons (Fsp3) is 0.929. The van der Waals surface area contributed by atoms with Gasteiger partial charge in [-0.1, -0.05) is 13.8 Å². The Bertz CT molecular complexity index is 279. The summed E-state index contributed by atoms with van der Waals surface area (Å²) in [6.07, 6.45) is 1.59. The first-order chi connectivity index (χ1) is 8.78. The lowest BCUT2D eigenvalue weighted by atomic mass is 10.1. The fourth-order valence-corrected chi connectivity index (χ4v) is 1.84. The third-order valence-corrected chi connectivity index (χ3v) is 2.81. The van der Waals surface area contributed by atoms with Crippen molar-refractivity contribution in [3.8, 4) is 0 Å². The van der Waals surface area contributed by atoms with Crippen LogP contribution in [0.25, 0.3) is 0 Å². The molecule has 1 fully saturated rings. The summed E-state index contributed by atoms with van der Waals surface area (Å²) in [7, 11) is 0. The summed E-state index contributed by atoms with van der Waals surface area (Å²) in [5, 5.41) is 0. The first-order valence-electron chi connectivity index (χ1n) is 7.13. The zero-order chi connectivity index (χ0) is 14.5. The molecule has 5 heteroatoms. The molecule has 0 aromatic carbocycles. The largest absolute Gasteiger partial charge is 0.444 e. The number of hydroxylamine groups is 1. The van der Waals surface area contributed by atoms with Crippen LogP contribution in [0.15, 0.2) is 0 Å².